The zero-order valence-electron chi connectivity index (χ0n) is 13.4. The fraction of sp³-hybridized carbons (Fsp3) is 0.111. The van der Waals surface area contributed by atoms with Gasteiger partial charge in [-0.3, -0.25) is 5.10 Å². The van der Waals surface area contributed by atoms with Gasteiger partial charge in [-0.15, -0.1) is 0 Å². The van der Waals surface area contributed by atoms with Crippen LogP contribution < -0.4 is 0 Å². The first-order valence-electron chi connectivity index (χ1n) is 7.83. The lowest BCUT2D eigenvalue weighted by Gasteiger charge is -2.06. The van der Waals surface area contributed by atoms with Crippen molar-refractivity contribution in [2.75, 3.05) is 0 Å². The fourth-order valence-electron chi connectivity index (χ4n) is 2.81. The Labute approximate surface area is 158 Å². The molecule has 2 aromatic carbocycles. The van der Waals surface area contributed by atoms with E-state index in [1.807, 2.05) is 18.2 Å². The van der Waals surface area contributed by atoms with Crippen LogP contribution in [0.25, 0.3) is 33.8 Å². The molecule has 26 heavy (non-hydrogen) atoms. The Balaban J connectivity index is 1.72. The van der Waals surface area contributed by atoms with Crippen LogP contribution in [-0.2, 0) is 13.2 Å². The van der Waals surface area contributed by atoms with Crippen molar-refractivity contribution < 1.29 is 10.2 Å². The summed E-state index contributed by atoms with van der Waals surface area (Å²) in [6.45, 7) is -0.266. The number of aliphatic hydroxyl groups excluding tert-OH is 2. The van der Waals surface area contributed by atoms with E-state index in [-0.39, 0.29) is 13.2 Å². The van der Waals surface area contributed by atoms with E-state index in [4.69, 9.17) is 23.2 Å². The van der Waals surface area contributed by atoms with Crippen LogP contribution in [-0.4, -0.2) is 30.4 Å². The molecule has 0 fully saturated rings. The lowest BCUT2D eigenvalue weighted by Crippen LogP contribution is -1.94. The molecular weight excluding hydrogens is 375 g/mol. The number of hydrogen-bond donors (Lipinski definition) is 4. The number of halogens is 2. The third-order valence-corrected chi connectivity index (χ3v) is 4.92. The molecule has 0 unspecified atom stereocenters. The molecule has 0 spiro atoms. The number of imidazole rings is 1. The van der Waals surface area contributed by atoms with E-state index in [0.29, 0.717) is 43.9 Å². The number of aromatic nitrogens is 4. The second-order valence-electron chi connectivity index (χ2n) is 5.84. The third kappa shape index (κ3) is 2.97. The number of aromatic amines is 2. The first kappa shape index (κ1) is 17.1. The van der Waals surface area contributed by atoms with Crippen molar-refractivity contribution in [2.24, 2.45) is 0 Å². The van der Waals surface area contributed by atoms with Gasteiger partial charge >= 0.3 is 0 Å². The highest BCUT2D eigenvalue weighted by Crippen LogP contribution is 2.29. The van der Waals surface area contributed by atoms with E-state index in [2.05, 4.69) is 20.2 Å². The predicted octanol–water partition coefficient (Wildman–Crippen LogP) is 3.91. The minimum atomic E-state index is -0.147. The van der Waals surface area contributed by atoms with Crippen molar-refractivity contribution >= 4 is 34.2 Å². The highest BCUT2D eigenvalue weighted by molar-refractivity contribution is 6.42. The predicted molar refractivity (Wildman–Crippen MR) is 101 cm³/mol. The third-order valence-electron chi connectivity index (χ3n) is 4.20. The number of rotatable bonds is 4. The molecule has 4 N–H and O–H groups in total. The zero-order chi connectivity index (χ0) is 18.3. The average Bonchev–Trinajstić information content (AvgIpc) is 3.28. The quantitative estimate of drug-likeness (QED) is 0.425. The fourth-order valence-corrected chi connectivity index (χ4v) is 3.13. The van der Waals surface area contributed by atoms with Gasteiger partial charge in [0.25, 0.3) is 0 Å². The molecule has 0 aliphatic carbocycles. The van der Waals surface area contributed by atoms with Gasteiger partial charge in [0.05, 0.1) is 40.0 Å². The van der Waals surface area contributed by atoms with Crippen LogP contribution >= 0.6 is 23.2 Å². The van der Waals surface area contributed by atoms with Crippen LogP contribution in [0.15, 0.2) is 36.4 Å². The largest absolute Gasteiger partial charge is 0.392 e. The summed E-state index contributed by atoms with van der Waals surface area (Å²) in [4.78, 5) is 7.70. The van der Waals surface area contributed by atoms with E-state index in [1.165, 1.54) is 0 Å². The van der Waals surface area contributed by atoms with Crippen molar-refractivity contribution in [1.29, 1.82) is 0 Å². The monoisotopic (exact) mass is 388 g/mol. The van der Waals surface area contributed by atoms with Gasteiger partial charge in [0, 0.05) is 5.56 Å². The molecule has 0 saturated carbocycles. The molecule has 0 aliphatic heterocycles. The van der Waals surface area contributed by atoms with Crippen LogP contribution in [0.1, 0.15) is 11.1 Å². The Kier molecular flexibility index (Phi) is 4.42. The van der Waals surface area contributed by atoms with Gasteiger partial charge in [0.15, 0.2) is 5.82 Å². The highest BCUT2D eigenvalue weighted by Gasteiger charge is 2.12. The van der Waals surface area contributed by atoms with Crippen LogP contribution in [0.3, 0.4) is 0 Å². The van der Waals surface area contributed by atoms with Gasteiger partial charge < -0.3 is 15.2 Å². The Hall–Kier alpha value is -2.38. The lowest BCUT2D eigenvalue weighted by atomic mass is 10.0. The molecule has 2 heterocycles. The van der Waals surface area contributed by atoms with E-state index in [9.17, 15) is 10.2 Å². The van der Waals surface area contributed by atoms with Gasteiger partial charge in [-0.2, -0.15) is 5.10 Å². The first-order chi connectivity index (χ1) is 12.6. The van der Waals surface area contributed by atoms with Crippen LogP contribution in [0, 0.1) is 0 Å². The maximum atomic E-state index is 9.45. The average molecular weight is 389 g/mol. The van der Waals surface area contributed by atoms with Crippen molar-refractivity contribution in [3.8, 4) is 22.8 Å². The van der Waals surface area contributed by atoms with Crippen LogP contribution in [0.5, 0.6) is 0 Å². The number of aliphatic hydroxyl groups is 2. The molecule has 6 nitrogen and oxygen atoms in total. The van der Waals surface area contributed by atoms with E-state index in [1.54, 1.807) is 18.2 Å². The molecule has 0 radical (unpaired) electrons. The van der Waals surface area contributed by atoms with Gasteiger partial charge in [-0.25, -0.2) is 4.98 Å². The SMILES string of the molecule is OCc1ccc(-c2cc(-c3nc4cc(Cl)c(Cl)cc4[nH]3)[nH]n2)cc1CO. The summed E-state index contributed by atoms with van der Waals surface area (Å²) in [5.41, 5.74) is 5.09. The second-order valence-corrected chi connectivity index (χ2v) is 6.65. The minimum Gasteiger partial charge on any atom is -0.392 e. The van der Waals surface area contributed by atoms with Crippen molar-refractivity contribution in [1.82, 2.24) is 20.2 Å². The molecule has 0 amide bonds. The molecular formula is C18H14Cl2N4O2. The number of nitrogens with one attached hydrogen (secondary N) is 2. The summed E-state index contributed by atoms with van der Waals surface area (Å²) in [5, 5.41) is 26.9. The van der Waals surface area contributed by atoms with Gasteiger partial charge in [-0.1, -0.05) is 35.3 Å². The summed E-state index contributed by atoms with van der Waals surface area (Å²) in [6.07, 6.45) is 0. The minimum absolute atomic E-state index is 0.119. The molecule has 132 valence electrons. The number of H-pyrrole nitrogens is 2. The smallest absolute Gasteiger partial charge is 0.156 e. The summed E-state index contributed by atoms with van der Waals surface area (Å²) in [6, 6.07) is 10.7. The van der Waals surface area contributed by atoms with E-state index < -0.39 is 0 Å². The molecule has 2 aromatic heterocycles. The summed E-state index contributed by atoms with van der Waals surface area (Å²) in [5.74, 6) is 0.617. The highest BCUT2D eigenvalue weighted by atomic mass is 35.5. The van der Waals surface area contributed by atoms with Crippen LogP contribution in [0.2, 0.25) is 10.0 Å². The lowest BCUT2D eigenvalue weighted by molar-refractivity contribution is 0.260. The van der Waals surface area contributed by atoms with Gasteiger partial charge in [0.1, 0.15) is 5.69 Å². The Bertz CT molecular complexity index is 1060. The van der Waals surface area contributed by atoms with E-state index >= 15 is 0 Å². The number of benzene rings is 2. The molecule has 8 heteroatoms. The summed E-state index contributed by atoms with van der Waals surface area (Å²) in [7, 11) is 0. The molecule has 0 bridgehead atoms. The Morgan fingerprint density at radius 2 is 1.69 bits per heavy atom. The van der Waals surface area contributed by atoms with Gasteiger partial charge in [-0.05, 0) is 35.4 Å². The Morgan fingerprint density at radius 3 is 2.46 bits per heavy atom. The molecule has 4 aromatic rings. The first-order valence-corrected chi connectivity index (χ1v) is 8.59. The maximum Gasteiger partial charge on any atom is 0.156 e. The summed E-state index contributed by atoms with van der Waals surface area (Å²) < 4.78 is 0. The second kappa shape index (κ2) is 6.74. The van der Waals surface area contributed by atoms with Crippen molar-refractivity contribution in [3.63, 3.8) is 0 Å². The summed E-state index contributed by atoms with van der Waals surface area (Å²) >= 11 is 12.1. The normalized spacial score (nSPS) is 11.4. The number of hydrogen-bond acceptors (Lipinski definition) is 4. The molecule has 0 aliphatic rings. The van der Waals surface area contributed by atoms with Crippen LogP contribution in [0.4, 0.5) is 0 Å². The van der Waals surface area contributed by atoms with Gasteiger partial charge in [0.2, 0.25) is 0 Å². The Morgan fingerprint density at radius 1 is 0.923 bits per heavy atom. The maximum absolute atomic E-state index is 9.45. The molecule has 4 rings (SSSR count). The standard InChI is InChI=1S/C18H14Cl2N4O2/c19-12-4-15-16(5-13(12)20)22-18(21-15)17-6-14(23-24-17)9-1-2-10(7-25)11(3-9)8-26/h1-6,25-26H,7-8H2,(H,21,22)(H,23,24). The van der Waals surface area contributed by atoms with Crippen molar-refractivity contribution in [2.45, 2.75) is 13.2 Å². The van der Waals surface area contributed by atoms with Crippen molar-refractivity contribution in [3.05, 3.63) is 57.6 Å². The molecule has 0 atom stereocenters. The van der Waals surface area contributed by atoms with E-state index in [0.717, 1.165) is 11.1 Å². The number of nitrogens with zero attached hydrogens (tertiary/aromatic N) is 2. The topological polar surface area (TPSA) is 97.8 Å². The zero-order valence-corrected chi connectivity index (χ0v) is 14.9. The molecule has 0 saturated heterocycles. The number of fused-ring (bicyclic) bond motifs is 1.